The summed E-state index contributed by atoms with van der Waals surface area (Å²) in [5, 5.41) is 10.5. The van der Waals surface area contributed by atoms with Crippen molar-refractivity contribution in [2.45, 2.75) is 0 Å². The van der Waals surface area contributed by atoms with Crippen molar-refractivity contribution in [2.24, 2.45) is 0 Å². The second kappa shape index (κ2) is 6.69. The molecule has 1 aliphatic rings. The Morgan fingerprint density at radius 3 is 2.04 bits per heavy atom. The molecular weight excluding hydrogens is 335 g/mol. The zero-order valence-corrected chi connectivity index (χ0v) is 13.9. The third-order valence-electron chi connectivity index (χ3n) is 4.00. The van der Waals surface area contributed by atoms with Crippen molar-refractivity contribution in [3.63, 3.8) is 0 Å². The fraction of sp³-hybridized carbons (Fsp3) is 0.235. The standard InChI is InChI=1S/C17H16Cl2N2O2/c18-12-1-4-14(5-2-12)20-7-9-21(10-8-20)16-6-3-13(19)11-15(16)17(22)23/h1-6,11H,7-10H2,(H,22,23). The molecule has 0 spiro atoms. The van der Waals surface area contributed by atoms with Crippen LogP contribution in [0.4, 0.5) is 11.4 Å². The van der Waals surface area contributed by atoms with Gasteiger partial charge in [0.25, 0.3) is 0 Å². The minimum atomic E-state index is -0.956. The van der Waals surface area contributed by atoms with E-state index in [-0.39, 0.29) is 5.56 Å². The third kappa shape index (κ3) is 3.54. The number of carboxylic acids is 1. The first kappa shape index (κ1) is 16.0. The Balaban J connectivity index is 1.74. The fourth-order valence-electron chi connectivity index (χ4n) is 2.81. The van der Waals surface area contributed by atoms with Crippen molar-refractivity contribution in [3.05, 3.63) is 58.1 Å². The lowest BCUT2D eigenvalue weighted by Crippen LogP contribution is -2.47. The van der Waals surface area contributed by atoms with Crippen LogP contribution in [0.25, 0.3) is 0 Å². The second-order valence-corrected chi connectivity index (χ2v) is 6.29. The predicted octanol–water partition coefficient (Wildman–Crippen LogP) is 4.02. The van der Waals surface area contributed by atoms with Gasteiger partial charge in [-0.2, -0.15) is 0 Å². The van der Waals surface area contributed by atoms with E-state index >= 15 is 0 Å². The normalized spacial score (nSPS) is 14.9. The molecule has 4 nitrogen and oxygen atoms in total. The molecule has 120 valence electrons. The van der Waals surface area contributed by atoms with E-state index in [2.05, 4.69) is 9.80 Å². The molecule has 0 unspecified atom stereocenters. The molecule has 0 atom stereocenters. The molecular formula is C17H16Cl2N2O2. The minimum absolute atomic E-state index is 0.248. The van der Waals surface area contributed by atoms with Crippen molar-refractivity contribution in [1.82, 2.24) is 0 Å². The van der Waals surface area contributed by atoms with Crippen LogP contribution in [0.3, 0.4) is 0 Å². The van der Waals surface area contributed by atoms with Crippen LogP contribution in [0.15, 0.2) is 42.5 Å². The van der Waals surface area contributed by atoms with Crippen molar-refractivity contribution in [3.8, 4) is 0 Å². The topological polar surface area (TPSA) is 43.8 Å². The van der Waals surface area contributed by atoms with Gasteiger partial charge in [-0.05, 0) is 42.5 Å². The summed E-state index contributed by atoms with van der Waals surface area (Å²) in [5.74, 6) is -0.956. The molecule has 23 heavy (non-hydrogen) atoms. The number of rotatable bonds is 3. The average Bonchev–Trinajstić information content (AvgIpc) is 2.56. The van der Waals surface area contributed by atoms with Crippen LogP contribution in [0, 0.1) is 0 Å². The van der Waals surface area contributed by atoms with Crippen molar-refractivity contribution in [1.29, 1.82) is 0 Å². The van der Waals surface area contributed by atoms with Gasteiger partial charge in [0.2, 0.25) is 0 Å². The van der Waals surface area contributed by atoms with E-state index in [1.165, 1.54) is 6.07 Å². The number of hydrogen-bond donors (Lipinski definition) is 1. The quantitative estimate of drug-likeness (QED) is 0.907. The third-order valence-corrected chi connectivity index (χ3v) is 4.49. The number of hydrogen-bond acceptors (Lipinski definition) is 3. The van der Waals surface area contributed by atoms with Gasteiger partial charge >= 0.3 is 5.97 Å². The molecule has 2 aromatic rings. The summed E-state index contributed by atoms with van der Waals surface area (Å²) in [7, 11) is 0. The van der Waals surface area contributed by atoms with E-state index in [1.54, 1.807) is 12.1 Å². The van der Waals surface area contributed by atoms with Crippen molar-refractivity contribution >= 4 is 40.5 Å². The molecule has 0 radical (unpaired) electrons. The van der Waals surface area contributed by atoms with Gasteiger partial charge in [0, 0.05) is 41.9 Å². The van der Waals surface area contributed by atoms with Crippen LogP contribution in [-0.4, -0.2) is 37.3 Å². The summed E-state index contributed by atoms with van der Waals surface area (Å²) >= 11 is 11.8. The minimum Gasteiger partial charge on any atom is -0.478 e. The second-order valence-electron chi connectivity index (χ2n) is 5.42. The molecule has 1 saturated heterocycles. The maximum atomic E-state index is 11.4. The lowest BCUT2D eigenvalue weighted by atomic mass is 10.1. The van der Waals surface area contributed by atoms with E-state index in [4.69, 9.17) is 23.2 Å². The van der Waals surface area contributed by atoms with Crippen molar-refractivity contribution in [2.75, 3.05) is 36.0 Å². The number of piperazine rings is 1. The Labute approximate surface area is 144 Å². The SMILES string of the molecule is O=C(O)c1cc(Cl)ccc1N1CCN(c2ccc(Cl)cc2)CC1. The van der Waals surface area contributed by atoms with Crippen LogP contribution >= 0.6 is 23.2 Å². The summed E-state index contributed by atoms with van der Waals surface area (Å²) in [4.78, 5) is 15.8. The maximum absolute atomic E-state index is 11.4. The number of carbonyl (C=O) groups is 1. The average molecular weight is 351 g/mol. The first-order valence-corrected chi connectivity index (χ1v) is 8.08. The van der Waals surface area contributed by atoms with E-state index < -0.39 is 5.97 Å². The molecule has 0 aliphatic carbocycles. The molecule has 0 amide bonds. The Morgan fingerprint density at radius 2 is 1.43 bits per heavy atom. The highest BCUT2D eigenvalue weighted by molar-refractivity contribution is 6.31. The number of anilines is 2. The number of nitrogens with zero attached hydrogens (tertiary/aromatic N) is 2. The first-order valence-electron chi connectivity index (χ1n) is 7.33. The number of halogens is 2. The van der Waals surface area contributed by atoms with E-state index in [1.807, 2.05) is 24.3 Å². The Hall–Kier alpha value is -1.91. The van der Waals surface area contributed by atoms with Gasteiger partial charge in [-0.3, -0.25) is 0 Å². The Morgan fingerprint density at radius 1 is 0.870 bits per heavy atom. The van der Waals surface area contributed by atoms with E-state index in [9.17, 15) is 9.90 Å². The fourth-order valence-corrected chi connectivity index (χ4v) is 3.11. The smallest absolute Gasteiger partial charge is 0.337 e. The van der Waals surface area contributed by atoms with Crippen LogP contribution in [-0.2, 0) is 0 Å². The summed E-state index contributed by atoms with van der Waals surface area (Å²) in [6.45, 7) is 3.15. The van der Waals surface area contributed by atoms with Crippen LogP contribution in [0.2, 0.25) is 10.0 Å². The number of carboxylic acid groups (broad SMARTS) is 1. The van der Waals surface area contributed by atoms with Gasteiger partial charge < -0.3 is 14.9 Å². The first-order chi connectivity index (χ1) is 11.0. The Bertz CT molecular complexity index is 711. The predicted molar refractivity (Wildman–Crippen MR) is 94.3 cm³/mol. The van der Waals surface area contributed by atoms with Crippen LogP contribution in [0.1, 0.15) is 10.4 Å². The van der Waals surface area contributed by atoms with Gasteiger partial charge in [0.15, 0.2) is 0 Å². The molecule has 1 heterocycles. The number of benzene rings is 2. The lowest BCUT2D eigenvalue weighted by Gasteiger charge is -2.38. The van der Waals surface area contributed by atoms with Crippen molar-refractivity contribution < 1.29 is 9.90 Å². The van der Waals surface area contributed by atoms with Gasteiger partial charge in [-0.25, -0.2) is 4.79 Å². The zero-order chi connectivity index (χ0) is 16.4. The molecule has 2 aromatic carbocycles. The monoisotopic (exact) mass is 350 g/mol. The highest BCUT2D eigenvalue weighted by atomic mass is 35.5. The zero-order valence-electron chi connectivity index (χ0n) is 12.4. The van der Waals surface area contributed by atoms with Gasteiger partial charge in [0.1, 0.15) is 0 Å². The molecule has 1 N–H and O–H groups in total. The molecule has 3 rings (SSSR count). The summed E-state index contributed by atoms with van der Waals surface area (Å²) < 4.78 is 0. The maximum Gasteiger partial charge on any atom is 0.337 e. The molecule has 1 aliphatic heterocycles. The Kier molecular flexibility index (Phi) is 4.64. The van der Waals surface area contributed by atoms with Crippen LogP contribution < -0.4 is 9.80 Å². The summed E-state index contributed by atoms with van der Waals surface area (Å²) in [6, 6.07) is 12.8. The summed E-state index contributed by atoms with van der Waals surface area (Å²) in [5.41, 5.74) is 2.10. The largest absolute Gasteiger partial charge is 0.478 e. The molecule has 0 aromatic heterocycles. The van der Waals surface area contributed by atoms with E-state index in [0.717, 1.165) is 42.6 Å². The summed E-state index contributed by atoms with van der Waals surface area (Å²) in [6.07, 6.45) is 0. The van der Waals surface area contributed by atoms with E-state index in [0.29, 0.717) is 5.02 Å². The molecule has 0 saturated carbocycles. The highest BCUT2D eigenvalue weighted by Crippen LogP contribution is 2.27. The lowest BCUT2D eigenvalue weighted by molar-refractivity contribution is 0.0697. The molecule has 6 heteroatoms. The van der Waals surface area contributed by atoms with Gasteiger partial charge in [0.05, 0.1) is 11.3 Å². The van der Waals surface area contributed by atoms with Gasteiger partial charge in [-0.1, -0.05) is 23.2 Å². The van der Waals surface area contributed by atoms with Gasteiger partial charge in [-0.15, -0.1) is 0 Å². The van der Waals surface area contributed by atoms with Crippen LogP contribution in [0.5, 0.6) is 0 Å². The molecule has 0 bridgehead atoms. The molecule has 1 fully saturated rings. The highest BCUT2D eigenvalue weighted by Gasteiger charge is 2.21. The number of aromatic carboxylic acids is 1.